The third-order valence-corrected chi connectivity index (χ3v) is 6.15. The van der Waals surface area contributed by atoms with Gasteiger partial charge in [-0.25, -0.2) is 0 Å². The number of hydrogen-bond donors (Lipinski definition) is 0. The van der Waals surface area contributed by atoms with Crippen molar-refractivity contribution in [2.45, 2.75) is 19.3 Å². The number of halogens is 3. The number of carbonyl (C=O) groups is 3. The Morgan fingerprint density at radius 2 is 1.83 bits per heavy atom. The minimum atomic E-state index is -4.52. The number of alkyl halides is 3. The van der Waals surface area contributed by atoms with E-state index in [2.05, 4.69) is 0 Å². The molecule has 1 aromatic heterocycles. The summed E-state index contributed by atoms with van der Waals surface area (Å²) in [4.78, 5) is 40.3. The largest absolute Gasteiger partial charge is 0.467 e. The van der Waals surface area contributed by atoms with Crippen LogP contribution in [0, 0.1) is 0 Å². The van der Waals surface area contributed by atoms with Crippen molar-refractivity contribution in [3.63, 3.8) is 0 Å². The van der Waals surface area contributed by atoms with Crippen LogP contribution in [0.3, 0.4) is 0 Å². The lowest BCUT2D eigenvalue weighted by molar-refractivity contribution is -0.137. The Hall–Kier alpha value is -3.79. The topological polar surface area (TPSA) is 70.8 Å². The van der Waals surface area contributed by atoms with Gasteiger partial charge in [-0.2, -0.15) is 13.2 Å². The number of carbonyl (C=O) groups excluding carboxylic acids is 3. The molecule has 2 aromatic carbocycles. The first-order valence-electron chi connectivity index (χ1n) is 10.4. The van der Waals surface area contributed by atoms with Crippen LogP contribution < -0.4 is 0 Å². The highest BCUT2D eigenvalue weighted by Gasteiger charge is 2.36. The molecule has 10 heteroatoms. The molecule has 0 bridgehead atoms. The number of furan rings is 1. The van der Waals surface area contributed by atoms with Gasteiger partial charge < -0.3 is 9.32 Å². The number of nitrogens with zero attached hydrogens (tertiary/aromatic N) is 2. The summed E-state index contributed by atoms with van der Waals surface area (Å²) in [7, 11) is 1.65. The van der Waals surface area contributed by atoms with Gasteiger partial charge in [-0.05, 0) is 65.4 Å². The first-order chi connectivity index (χ1) is 16.6. The molecule has 1 aliphatic rings. The number of thioether (sulfide) groups is 1. The summed E-state index contributed by atoms with van der Waals surface area (Å²) < 4.78 is 44.1. The molecular weight excluding hydrogens is 481 g/mol. The normalized spacial score (nSPS) is 15.2. The molecule has 6 nitrogen and oxygen atoms in total. The number of amides is 3. The van der Waals surface area contributed by atoms with E-state index in [4.69, 9.17) is 4.42 Å². The molecule has 3 aromatic rings. The summed E-state index contributed by atoms with van der Waals surface area (Å²) >= 11 is 0.714. The summed E-state index contributed by atoms with van der Waals surface area (Å²) in [5.41, 5.74) is 0.389. The quantitative estimate of drug-likeness (QED) is 0.400. The van der Waals surface area contributed by atoms with E-state index in [1.165, 1.54) is 29.4 Å². The third kappa shape index (κ3) is 5.65. The van der Waals surface area contributed by atoms with Gasteiger partial charge in [-0.15, -0.1) is 0 Å². The van der Waals surface area contributed by atoms with Gasteiger partial charge >= 0.3 is 6.18 Å². The molecule has 0 atom stereocenters. The highest BCUT2D eigenvalue weighted by atomic mass is 32.2. The summed E-state index contributed by atoms with van der Waals surface area (Å²) in [6, 6.07) is 14.5. The van der Waals surface area contributed by atoms with Crippen molar-refractivity contribution in [3.8, 4) is 0 Å². The molecule has 1 saturated heterocycles. The van der Waals surface area contributed by atoms with E-state index in [9.17, 15) is 27.6 Å². The van der Waals surface area contributed by atoms with Crippen LogP contribution in [0.5, 0.6) is 0 Å². The zero-order valence-corrected chi connectivity index (χ0v) is 19.2. The zero-order valence-electron chi connectivity index (χ0n) is 18.4. The Morgan fingerprint density at radius 3 is 2.49 bits per heavy atom. The van der Waals surface area contributed by atoms with Crippen LogP contribution in [-0.4, -0.2) is 33.9 Å². The average Bonchev–Trinajstić information content (AvgIpc) is 3.42. The molecule has 35 heavy (non-hydrogen) atoms. The van der Waals surface area contributed by atoms with Crippen molar-refractivity contribution in [1.29, 1.82) is 0 Å². The van der Waals surface area contributed by atoms with Crippen molar-refractivity contribution in [3.05, 3.63) is 99.8 Å². The summed E-state index contributed by atoms with van der Waals surface area (Å²) in [6.45, 7) is 0.0496. The lowest BCUT2D eigenvalue weighted by Crippen LogP contribution is -2.27. The molecule has 2 heterocycles. The highest BCUT2D eigenvalue weighted by Crippen LogP contribution is 2.34. The third-order valence-electron chi connectivity index (χ3n) is 5.24. The first kappa shape index (κ1) is 24.3. The van der Waals surface area contributed by atoms with Crippen molar-refractivity contribution in [2.75, 3.05) is 7.05 Å². The minimum Gasteiger partial charge on any atom is -0.467 e. The van der Waals surface area contributed by atoms with Crippen molar-refractivity contribution >= 4 is 34.9 Å². The Balaban J connectivity index is 1.44. The number of hydrogen-bond acceptors (Lipinski definition) is 5. The summed E-state index contributed by atoms with van der Waals surface area (Å²) in [5.74, 6) is -0.150. The first-order valence-corrected chi connectivity index (χ1v) is 11.2. The predicted molar refractivity (Wildman–Crippen MR) is 124 cm³/mol. The maximum atomic E-state index is 13.0. The fourth-order valence-corrected chi connectivity index (χ4v) is 4.30. The van der Waals surface area contributed by atoms with Gasteiger partial charge in [0.2, 0.25) is 0 Å². The molecule has 4 rings (SSSR count). The second-order valence-corrected chi connectivity index (χ2v) is 8.82. The molecule has 0 radical (unpaired) electrons. The maximum Gasteiger partial charge on any atom is 0.416 e. The summed E-state index contributed by atoms with van der Waals surface area (Å²) in [5, 5.41) is -0.565. The minimum absolute atomic E-state index is 0.149. The van der Waals surface area contributed by atoms with E-state index in [-0.39, 0.29) is 22.9 Å². The van der Waals surface area contributed by atoms with Gasteiger partial charge in [-0.1, -0.05) is 24.3 Å². The van der Waals surface area contributed by atoms with Gasteiger partial charge in [0, 0.05) is 12.6 Å². The van der Waals surface area contributed by atoms with E-state index >= 15 is 0 Å². The van der Waals surface area contributed by atoms with E-state index in [1.807, 2.05) is 0 Å². The second kappa shape index (κ2) is 9.83. The fraction of sp³-hybridized carbons (Fsp3) is 0.160. The van der Waals surface area contributed by atoms with E-state index in [0.29, 0.717) is 35.2 Å². The molecular formula is C25H19F3N2O4S. The van der Waals surface area contributed by atoms with E-state index < -0.39 is 22.9 Å². The molecule has 180 valence electrons. The smallest absolute Gasteiger partial charge is 0.416 e. The Morgan fingerprint density at radius 1 is 1.09 bits per heavy atom. The average molecular weight is 500 g/mol. The SMILES string of the molecule is CN(Cc1ccco1)C(=O)c1ccc(C=C2SC(=O)N(Cc3cccc(C(F)(F)F)c3)C2=O)cc1. The molecule has 0 saturated carbocycles. The van der Waals surface area contributed by atoms with Crippen molar-refractivity contribution in [1.82, 2.24) is 9.80 Å². The van der Waals surface area contributed by atoms with Gasteiger partial charge in [0.15, 0.2) is 0 Å². The second-order valence-electron chi connectivity index (χ2n) is 7.83. The Labute approximate surface area is 203 Å². The lowest BCUT2D eigenvalue weighted by Gasteiger charge is -2.15. The van der Waals surface area contributed by atoms with Gasteiger partial charge in [0.1, 0.15) is 5.76 Å². The monoisotopic (exact) mass is 500 g/mol. The predicted octanol–water partition coefficient (Wildman–Crippen LogP) is 5.81. The van der Waals surface area contributed by atoms with Crippen molar-refractivity contribution in [2.24, 2.45) is 0 Å². The highest BCUT2D eigenvalue weighted by molar-refractivity contribution is 8.18. The molecule has 0 aliphatic carbocycles. The van der Waals surface area contributed by atoms with E-state index in [1.54, 1.807) is 43.4 Å². The number of benzene rings is 2. The van der Waals surface area contributed by atoms with Crippen molar-refractivity contribution < 1.29 is 32.0 Å². The molecule has 0 N–H and O–H groups in total. The fourth-order valence-electron chi connectivity index (χ4n) is 3.47. The Bertz CT molecular complexity index is 1280. The van der Waals surface area contributed by atoms with Gasteiger partial charge in [0.05, 0.1) is 29.8 Å². The molecule has 0 unspecified atom stereocenters. The maximum absolute atomic E-state index is 13.0. The molecule has 1 aliphatic heterocycles. The molecule has 0 spiro atoms. The van der Waals surface area contributed by atoms with Crippen LogP contribution in [0.1, 0.15) is 32.8 Å². The van der Waals surface area contributed by atoms with Gasteiger partial charge in [0.25, 0.3) is 17.1 Å². The standard InChI is InChI=1S/C25H19F3N2O4S/c1-29(15-20-6-3-11-34-20)22(31)18-9-7-16(8-10-18)13-21-23(32)30(24(33)35-21)14-17-4-2-5-19(12-17)25(26,27)28/h2-13H,14-15H2,1H3. The van der Waals surface area contributed by atoms with Crippen LogP contribution in [0.2, 0.25) is 0 Å². The number of imide groups is 1. The van der Waals surface area contributed by atoms with Crippen LogP contribution in [0.15, 0.2) is 76.2 Å². The lowest BCUT2D eigenvalue weighted by atomic mass is 10.1. The van der Waals surface area contributed by atoms with Crippen LogP contribution >= 0.6 is 11.8 Å². The van der Waals surface area contributed by atoms with Crippen LogP contribution in [0.25, 0.3) is 6.08 Å². The zero-order chi connectivity index (χ0) is 25.2. The van der Waals surface area contributed by atoms with Crippen LogP contribution in [0.4, 0.5) is 18.0 Å². The number of rotatable bonds is 6. The summed E-state index contributed by atoms with van der Waals surface area (Å²) in [6.07, 6.45) is -1.47. The van der Waals surface area contributed by atoms with E-state index in [0.717, 1.165) is 17.0 Å². The Kier molecular flexibility index (Phi) is 6.83. The van der Waals surface area contributed by atoms with Gasteiger partial charge in [-0.3, -0.25) is 19.3 Å². The molecule has 1 fully saturated rings. The molecule has 3 amide bonds. The van der Waals surface area contributed by atoms with Crippen LogP contribution in [-0.2, 0) is 24.1 Å².